The minimum atomic E-state index is 0.427. The number of methoxy groups -OCH3 is 1. The number of nitrogens with one attached hydrogen (secondary N) is 1. The van der Waals surface area contributed by atoms with Crippen LogP contribution in [-0.4, -0.2) is 51.3 Å². The van der Waals surface area contributed by atoms with Crippen molar-refractivity contribution in [2.75, 3.05) is 40.4 Å². The molecule has 0 unspecified atom stereocenters. The van der Waals surface area contributed by atoms with Gasteiger partial charge >= 0.3 is 0 Å². The van der Waals surface area contributed by atoms with Gasteiger partial charge in [0.05, 0.1) is 0 Å². The molecule has 106 valence electrons. The molecule has 0 radical (unpaired) electrons. The van der Waals surface area contributed by atoms with Crippen molar-refractivity contribution < 1.29 is 4.74 Å². The van der Waals surface area contributed by atoms with Crippen LogP contribution in [0.25, 0.3) is 0 Å². The summed E-state index contributed by atoms with van der Waals surface area (Å²) >= 11 is 0. The van der Waals surface area contributed by atoms with Gasteiger partial charge in [-0.25, -0.2) is 0 Å². The molecule has 1 aliphatic heterocycles. The van der Waals surface area contributed by atoms with Gasteiger partial charge in [-0.1, -0.05) is 13.8 Å². The number of likely N-dealkylation sites (tertiary alicyclic amines) is 1. The van der Waals surface area contributed by atoms with E-state index in [1.165, 1.54) is 19.3 Å². The molecule has 1 fully saturated rings. The Morgan fingerprint density at radius 3 is 2.67 bits per heavy atom. The predicted molar refractivity (Wildman–Crippen MR) is 77.1 cm³/mol. The summed E-state index contributed by atoms with van der Waals surface area (Å²) in [4.78, 5) is 6.75. The van der Waals surface area contributed by atoms with Gasteiger partial charge in [-0.2, -0.15) is 0 Å². The lowest BCUT2D eigenvalue weighted by Gasteiger charge is -2.23. The van der Waals surface area contributed by atoms with Gasteiger partial charge in [0.25, 0.3) is 0 Å². The third-order valence-corrected chi connectivity index (χ3v) is 3.50. The maximum absolute atomic E-state index is 5.04. The van der Waals surface area contributed by atoms with Crippen LogP contribution in [0.2, 0.25) is 0 Å². The molecule has 0 bridgehead atoms. The first-order valence-electron chi connectivity index (χ1n) is 7.03. The largest absolute Gasteiger partial charge is 0.385 e. The number of aliphatic imine (C=N–C) groups is 1. The van der Waals surface area contributed by atoms with E-state index >= 15 is 0 Å². The van der Waals surface area contributed by atoms with E-state index in [4.69, 9.17) is 4.74 Å². The Hall–Kier alpha value is -0.770. The zero-order valence-electron chi connectivity index (χ0n) is 12.5. The summed E-state index contributed by atoms with van der Waals surface area (Å²) in [5.74, 6) is 1.06. The number of nitrogens with zero attached hydrogens (tertiary/aromatic N) is 2. The molecule has 1 aliphatic rings. The number of hydrogen-bond acceptors (Lipinski definition) is 2. The Kier molecular flexibility index (Phi) is 6.47. The Morgan fingerprint density at radius 1 is 1.33 bits per heavy atom. The summed E-state index contributed by atoms with van der Waals surface area (Å²) < 4.78 is 5.04. The molecule has 4 heteroatoms. The van der Waals surface area contributed by atoms with Crippen LogP contribution in [0, 0.1) is 5.41 Å². The zero-order chi connectivity index (χ0) is 13.4. The molecule has 1 rings (SSSR count). The number of guanidine groups is 1. The van der Waals surface area contributed by atoms with E-state index in [0.717, 1.165) is 38.6 Å². The highest BCUT2D eigenvalue weighted by molar-refractivity contribution is 5.80. The van der Waals surface area contributed by atoms with Crippen molar-refractivity contribution in [3.05, 3.63) is 0 Å². The average Bonchev–Trinajstić information content (AvgIpc) is 2.69. The van der Waals surface area contributed by atoms with Crippen molar-refractivity contribution in [2.45, 2.75) is 39.5 Å². The molecule has 0 aliphatic carbocycles. The molecular weight excluding hydrogens is 226 g/mol. The SMILES string of the molecule is CN=C(NCCCCCOC)N1CCC(C)(C)C1. The molecule has 0 aromatic heterocycles. The molecule has 1 heterocycles. The van der Waals surface area contributed by atoms with E-state index < -0.39 is 0 Å². The first-order chi connectivity index (χ1) is 8.59. The van der Waals surface area contributed by atoms with Crippen molar-refractivity contribution in [3.8, 4) is 0 Å². The number of hydrogen-bond donors (Lipinski definition) is 1. The smallest absolute Gasteiger partial charge is 0.193 e. The molecule has 0 aromatic rings. The maximum atomic E-state index is 5.04. The van der Waals surface area contributed by atoms with Crippen LogP contribution in [0.1, 0.15) is 39.5 Å². The highest BCUT2D eigenvalue weighted by Crippen LogP contribution is 2.28. The quantitative estimate of drug-likeness (QED) is 0.449. The van der Waals surface area contributed by atoms with Crippen molar-refractivity contribution in [2.24, 2.45) is 10.4 Å². The number of rotatable bonds is 6. The standard InChI is InChI=1S/C14H29N3O/c1-14(2)8-10-17(12-14)13(15-3)16-9-6-5-7-11-18-4/h5-12H2,1-4H3,(H,15,16). The Labute approximate surface area is 112 Å². The zero-order valence-corrected chi connectivity index (χ0v) is 12.5. The van der Waals surface area contributed by atoms with E-state index in [-0.39, 0.29) is 0 Å². The second kappa shape index (κ2) is 7.62. The van der Waals surface area contributed by atoms with E-state index in [1.807, 2.05) is 7.05 Å². The fourth-order valence-electron chi connectivity index (χ4n) is 2.37. The van der Waals surface area contributed by atoms with Crippen LogP contribution in [0.3, 0.4) is 0 Å². The monoisotopic (exact) mass is 255 g/mol. The van der Waals surface area contributed by atoms with E-state index in [1.54, 1.807) is 7.11 Å². The maximum Gasteiger partial charge on any atom is 0.193 e. The van der Waals surface area contributed by atoms with Gasteiger partial charge in [0.1, 0.15) is 0 Å². The van der Waals surface area contributed by atoms with E-state index in [2.05, 4.69) is 29.1 Å². The molecule has 0 aromatic carbocycles. The highest BCUT2D eigenvalue weighted by atomic mass is 16.5. The van der Waals surface area contributed by atoms with E-state index in [9.17, 15) is 0 Å². The average molecular weight is 255 g/mol. The Morgan fingerprint density at radius 2 is 2.11 bits per heavy atom. The summed E-state index contributed by atoms with van der Waals surface area (Å²) in [6, 6.07) is 0. The Balaban J connectivity index is 2.19. The first kappa shape index (κ1) is 15.3. The fourth-order valence-corrected chi connectivity index (χ4v) is 2.37. The summed E-state index contributed by atoms with van der Waals surface area (Å²) in [6.45, 7) is 8.76. The van der Waals surface area contributed by atoms with Crippen LogP contribution in [0.4, 0.5) is 0 Å². The summed E-state index contributed by atoms with van der Waals surface area (Å²) in [6.07, 6.45) is 4.79. The molecule has 18 heavy (non-hydrogen) atoms. The second-order valence-electron chi connectivity index (χ2n) is 5.86. The minimum absolute atomic E-state index is 0.427. The third-order valence-electron chi connectivity index (χ3n) is 3.50. The third kappa shape index (κ3) is 5.25. The molecule has 0 amide bonds. The van der Waals surface area contributed by atoms with Gasteiger partial charge in [-0.3, -0.25) is 4.99 Å². The van der Waals surface area contributed by atoms with Crippen molar-refractivity contribution in [1.29, 1.82) is 0 Å². The van der Waals surface area contributed by atoms with Gasteiger partial charge in [0, 0.05) is 40.4 Å². The van der Waals surface area contributed by atoms with Gasteiger partial charge in [-0.15, -0.1) is 0 Å². The van der Waals surface area contributed by atoms with Crippen LogP contribution in [0.15, 0.2) is 4.99 Å². The van der Waals surface area contributed by atoms with Crippen molar-refractivity contribution >= 4 is 5.96 Å². The molecule has 0 spiro atoms. The fraction of sp³-hybridized carbons (Fsp3) is 0.929. The predicted octanol–water partition coefficient (Wildman–Crippen LogP) is 2.11. The van der Waals surface area contributed by atoms with Gasteiger partial charge in [-0.05, 0) is 31.1 Å². The number of unbranched alkanes of at least 4 members (excludes halogenated alkanes) is 2. The number of ether oxygens (including phenoxy) is 1. The summed E-state index contributed by atoms with van der Waals surface area (Å²) in [7, 11) is 3.63. The van der Waals surface area contributed by atoms with Crippen LogP contribution in [-0.2, 0) is 4.74 Å². The second-order valence-corrected chi connectivity index (χ2v) is 5.86. The summed E-state index contributed by atoms with van der Waals surface area (Å²) in [5.41, 5.74) is 0.427. The molecule has 1 saturated heterocycles. The lowest BCUT2D eigenvalue weighted by atomic mass is 9.93. The summed E-state index contributed by atoms with van der Waals surface area (Å²) in [5, 5.41) is 3.46. The van der Waals surface area contributed by atoms with Crippen LogP contribution >= 0.6 is 0 Å². The first-order valence-corrected chi connectivity index (χ1v) is 7.03. The normalized spacial score (nSPS) is 19.3. The van der Waals surface area contributed by atoms with Crippen molar-refractivity contribution in [1.82, 2.24) is 10.2 Å². The Bertz CT molecular complexity index is 264. The van der Waals surface area contributed by atoms with E-state index in [0.29, 0.717) is 5.41 Å². The molecule has 0 saturated carbocycles. The molecular formula is C14H29N3O. The molecule has 0 atom stereocenters. The lowest BCUT2D eigenvalue weighted by molar-refractivity contribution is 0.192. The molecule has 1 N–H and O–H groups in total. The minimum Gasteiger partial charge on any atom is -0.385 e. The van der Waals surface area contributed by atoms with Crippen LogP contribution < -0.4 is 5.32 Å². The van der Waals surface area contributed by atoms with Crippen molar-refractivity contribution in [3.63, 3.8) is 0 Å². The van der Waals surface area contributed by atoms with Gasteiger partial charge in [0.15, 0.2) is 5.96 Å². The lowest BCUT2D eigenvalue weighted by Crippen LogP contribution is -2.41. The highest BCUT2D eigenvalue weighted by Gasteiger charge is 2.30. The topological polar surface area (TPSA) is 36.9 Å². The van der Waals surface area contributed by atoms with Crippen LogP contribution in [0.5, 0.6) is 0 Å². The van der Waals surface area contributed by atoms with Gasteiger partial charge < -0.3 is 15.0 Å². The van der Waals surface area contributed by atoms with Gasteiger partial charge in [0.2, 0.25) is 0 Å². The molecule has 4 nitrogen and oxygen atoms in total.